The second-order valence-electron chi connectivity index (χ2n) is 8.13. The Kier molecular flexibility index (Phi) is 7.66. The number of rotatable bonds is 7. The topological polar surface area (TPSA) is 79.0 Å². The molecule has 0 aromatic heterocycles. The van der Waals surface area contributed by atoms with Crippen molar-refractivity contribution in [2.24, 2.45) is 0 Å². The molecule has 7 nitrogen and oxygen atoms in total. The highest BCUT2D eigenvalue weighted by Gasteiger charge is 2.25. The second-order valence-corrected chi connectivity index (χ2v) is 10.2. The van der Waals surface area contributed by atoms with Gasteiger partial charge in [-0.25, -0.2) is 17.1 Å². The standard InChI is InChI=1S/C23H30FN3O4S/c1-16-13-19(14-22(17(16)2)32(29,30)26(3)4)23(28)25-15-21(27-9-11-31-12-10-27)18-5-7-20(24)8-6-18/h5-8,13-14,21H,9-12,15H2,1-4H3,(H,25,28). The fraction of sp³-hybridized carbons (Fsp3) is 0.435. The summed E-state index contributed by atoms with van der Waals surface area (Å²) in [5.41, 5.74) is 2.52. The number of nitrogens with one attached hydrogen (secondary N) is 1. The van der Waals surface area contributed by atoms with Crippen molar-refractivity contribution in [2.75, 3.05) is 46.9 Å². The third kappa shape index (κ3) is 5.35. The van der Waals surface area contributed by atoms with E-state index in [1.807, 2.05) is 0 Å². The lowest BCUT2D eigenvalue weighted by Crippen LogP contribution is -2.43. The maximum Gasteiger partial charge on any atom is 0.251 e. The molecule has 1 N–H and O–H groups in total. The van der Waals surface area contributed by atoms with Crippen LogP contribution in [0.15, 0.2) is 41.3 Å². The third-order valence-corrected chi connectivity index (χ3v) is 7.78. The molecule has 174 valence electrons. The van der Waals surface area contributed by atoms with Crippen molar-refractivity contribution in [3.05, 3.63) is 64.5 Å². The minimum absolute atomic E-state index is 0.121. The fourth-order valence-electron chi connectivity index (χ4n) is 3.75. The maximum atomic E-state index is 13.4. The SMILES string of the molecule is Cc1cc(C(=O)NCC(c2ccc(F)cc2)N2CCOCC2)cc(S(=O)(=O)N(C)C)c1C. The summed E-state index contributed by atoms with van der Waals surface area (Å²) < 4.78 is 45.4. The Bertz CT molecular complexity index is 1070. The number of hydrogen-bond acceptors (Lipinski definition) is 5. The van der Waals surface area contributed by atoms with Gasteiger partial charge in [-0.2, -0.15) is 0 Å². The zero-order valence-corrected chi connectivity index (χ0v) is 19.7. The molecular formula is C23H30FN3O4S. The summed E-state index contributed by atoms with van der Waals surface area (Å²) in [7, 11) is -0.756. The Morgan fingerprint density at radius 3 is 2.38 bits per heavy atom. The number of hydrogen-bond donors (Lipinski definition) is 1. The molecule has 2 aromatic carbocycles. The number of carbonyl (C=O) groups is 1. The van der Waals surface area contributed by atoms with Gasteiger partial charge in [-0.15, -0.1) is 0 Å². The van der Waals surface area contributed by atoms with Gasteiger partial charge in [0.25, 0.3) is 5.91 Å². The first-order chi connectivity index (χ1) is 15.1. The molecule has 32 heavy (non-hydrogen) atoms. The molecular weight excluding hydrogens is 433 g/mol. The maximum absolute atomic E-state index is 13.4. The van der Waals surface area contributed by atoms with Gasteiger partial charge in [0.15, 0.2) is 0 Å². The predicted molar refractivity (Wildman–Crippen MR) is 121 cm³/mol. The molecule has 1 unspecified atom stereocenters. The van der Waals surface area contributed by atoms with E-state index >= 15 is 0 Å². The second kappa shape index (κ2) is 10.1. The van der Waals surface area contributed by atoms with Gasteiger partial charge in [-0.3, -0.25) is 9.69 Å². The van der Waals surface area contributed by atoms with Crippen LogP contribution in [0.4, 0.5) is 4.39 Å². The molecule has 0 spiro atoms. The molecule has 0 bridgehead atoms. The van der Waals surface area contributed by atoms with Crippen molar-refractivity contribution < 1.29 is 22.3 Å². The molecule has 0 aliphatic carbocycles. The molecule has 0 saturated carbocycles. The van der Waals surface area contributed by atoms with Crippen LogP contribution in [-0.4, -0.2) is 70.5 Å². The molecule has 1 amide bonds. The molecule has 3 rings (SSSR count). The van der Waals surface area contributed by atoms with E-state index in [1.54, 1.807) is 32.0 Å². The molecule has 0 radical (unpaired) electrons. The van der Waals surface area contributed by atoms with Crippen LogP contribution < -0.4 is 5.32 Å². The number of morpholine rings is 1. The van der Waals surface area contributed by atoms with Gasteiger partial charge in [0, 0.05) is 39.3 Å². The van der Waals surface area contributed by atoms with E-state index in [1.165, 1.54) is 32.3 Å². The van der Waals surface area contributed by atoms with Crippen molar-refractivity contribution in [1.29, 1.82) is 0 Å². The Hall–Kier alpha value is -2.33. The molecule has 1 fully saturated rings. The number of sulfonamides is 1. The van der Waals surface area contributed by atoms with Gasteiger partial charge in [-0.1, -0.05) is 12.1 Å². The lowest BCUT2D eigenvalue weighted by atomic mass is 10.0. The van der Waals surface area contributed by atoms with Crippen LogP contribution in [0.5, 0.6) is 0 Å². The zero-order chi connectivity index (χ0) is 23.5. The predicted octanol–water partition coefficient (Wildman–Crippen LogP) is 2.50. The van der Waals surface area contributed by atoms with Crippen molar-refractivity contribution in [3.63, 3.8) is 0 Å². The van der Waals surface area contributed by atoms with Crippen molar-refractivity contribution in [1.82, 2.24) is 14.5 Å². The smallest absolute Gasteiger partial charge is 0.251 e. The lowest BCUT2D eigenvalue weighted by Gasteiger charge is -2.35. The molecule has 1 atom stereocenters. The number of halogens is 1. The van der Waals surface area contributed by atoms with E-state index in [4.69, 9.17) is 4.74 Å². The lowest BCUT2D eigenvalue weighted by molar-refractivity contribution is 0.0162. The first-order valence-corrected chi connectivity index (χ1v) is 11.9. The summed E-state index contributed by atoms with van der Waals surface area (Å²) in [5, 5.41) is 2.94. The Balaban J connectivity index is 1.84. The number of benzene rings is 2. The van der Waals surface area contributed by atoms with E-state index in [2.05, 4.69) is 10.2 Å². The molecule has 1 aliphatic rings. The first-order valence-electron chi connectivity index (χ1n) is 10.5. The highest BCUT2D eigenvalue weighted by Crippen LogP contribution is 2.25. The van der Waals surface area contributed by atoms with Gasteiger partial charge in [0.05, 0.1) is 24.2 Å². The van der Waals surface area contributed by atoms with Gasteiger partial charge < -0.3 is 10.1 Å². The van der Waals surface area contributed by atoms with E-state index < -0.39 is 10.0 Å². The zero-order valence-electron chi connectivity index (χ0n) is 18.9. The van der Waals surface area contributed by atoms with Crippen molar-refractivity contribution in [2.45, 2.75) is 24.8 Å². The van der Waals surface area contributed by atoms with Crippen LogP contribution in [-0.2, 0) is 14.8 Å². The summed E-state index contributed by atoms with van der Waals surface area (Å²) in [4.78, 5) is 15.3. The molecule has 1 aliphatic heterocycles. The molecule has 9 heteroatoms. The Morgan fingerprint density at radius 2 is 1.78 bits per heavy atom. The van der Waals surface area contributed by atoms with Crippen LogP contribution in [0.25, 0.3) is 0 Å². The molecule has 1 heterocycles. The number of carbonyl (C=O) groups excluding carboxylic acids is 1. The van der Waals surface area contributed by atoms with Crippen LogP contribution >= 0.6 is 0 Å². The number of aryl methyl sites for hydroxylation is 1. The quantitative estimate of drug-likeness (QED) is 0.683. The van der Waals surface area contributed by atoms with E-state index in [0.717, 1.165) is 15.4 Å². The fourth-order valence-corrected chi connectivity index (χ4v) is 4.96. The van der Waals surface area contributed by atoms with Crippen LogP contribution in [0.3, 0.4) is 0 Å². The Morgan fingerprint density at radius 1 is 1.16 bits per heavy atom. The normalized spacial score (nSPS) is 16.2. The molecule has 1 saturated heterocycles. The van der Waals surface area contributed by atoms with Gasteiger partial charge >= 0.3 is 0 Å². The number of ether oxygens (including phenoxy) is 1. The van der Waals surface area contributed by atoms with E-state index in [-0.39, 0.29) is 28.2 Å². The minimum Gasteiger partial charge on any atom is -0.379 e. The van der Waals surface area contributed by atoms with E-state index in [9.17, 15) is 17.6 Å². The highest BCUT2D eigenvalue weighted by molar-refractivity contribution is 7.89. The van der Waals surface area contributed by atoms with Gasteiger partial charge in [-0.05, 0) is 54.8 Å². The summed E-state index contributed by atoms with van der Waals surface area (Å²) in [6, 6.07) is 9.23. The average Bonchev–Trinajstić information content (AvgIpc) is 2.77. The van der Waals surface area contributed by atoms with Crippen molar-refractivity contribution >= 4 is 15.9 Å². The summed E-state index contributed by atoms with van der Waals surface area (Å²) >= 11 is 0. The molecule has 2 aromatic rings. The van der Waals surface area contributed by atoms with Crippen LogP contribution in [0.2, 0.25) is 0 Å². The average molecular weight is 464 g/mol. The summed E-state index contributed by atoms with van der Waals surface area (Å²) in [6.45, 7) is 6.40. The third-order valence-electron chi connectivity index (χ3n) is 5.84. The Labute approximate surface area is 189 Å². The number of nitrogens with zero attached hydrogens (tertiary/aromatic N) is 2. The van der Waals surface area contributed by atoms with Crippen LogP contribution in [0.1, 0.15) is 33.1 Å². The van der Waals surface area contributed by atoms with Crippen molar-refractivity contribution in [3.8, 4) is 0 Å². The minimum atomic E-state index is -3.69. The summed E-state index contributed by atoms with van der Waals surface area (Å²) in [5.74, 6) is -0.674. The monoisotopic (exact) mass is 463 g/mol. The largest absolute Gasteiger partial charge is 0.379 e. The number of amides is 1. The van der Waals surface area contributed by atoms with Gasteiger partial charge in [0.1, 0.15) is 5.82 Å². The van der Waals surface area contributed by atoms with Crippen LogP contribution in [0, 0.1) is 19.7 Å². The van der Waals surface area contributed by atoms with E-state index in [0.29, 0.717) is 38.4 Å². The highest BCUT2D eigenvalue weighted by atomic mass is 32.2. The van der Waals surface area contributed by atoms with Gasteiger partial charge in [0.2, 0.25) is 10.0 Å². The first kappa shape index (κ1) is 24.3. The summed E-state index contributed by atoms with van der Waals surface area (Å²) in [6.07, 6.45) is 0.